The van der Waals surface area contributed by atoms with Crippen molar-refractivity contribution in [3.05, 3.63) is 41.5 Å². The fourth-order valence-corrected chi connectivity index (χ4v) is 6.97. The number of aryl methyl sites for hydroxylation is 1. The van der Waals surface area contributed by atoms with Gasteiger partial charge in [-0.1, -0.05) is 38.0 Å². The van der Waals surface area contributed by atoms with Crippen molar-refractivity contribution in [3.63, 3.8) is 0 Å². The third-order valence-electron chi connectivity index (χ3n) is 9.33. The average Bonchev–Trinajstić information content (AvgIpc) is 2.87. The van der Waals surface area contributed by atoms with Crippen LogP contribution in [0, 0.1) is 54.1 Å². The molecule has 190 valence electrons. The van der Waals surface area contributed by atoms with Gasteiger partial charge >= 0.3 is 0 Å². The Balaban J connectivity index is 1.13. The van der Waals surface area contributed by atoms with Gasteiger partial charge in [-0.25, -0.2) is 4.39 Å². The molecule has 3 aliphatic carbocycles. The topological polar surface area (TPSA) is 9.23 Å². The summed E-state index contributed by atoms with van der Waals surface area (Å²) in [6, 6.07) is 3.15. The summed E-state index contributed by atoms with van der Waals surface area (Å²) in [7, 11) is 0. The monoisotopic (exact) mass is 472 g/mol. The standard InChI is InChI=1S/C31H46F2O/c1-3-4-23-6-8-24(9-7-23)10-11-25-12-16-27(17-13-25)28-18-14-26(15-19-28)21-34-29-20-5-22(2)30(32)31(29)33/h5,10-11,20,23-28H,3-4,6-9,12-19,21H2,1-2H3/b11-10+. The van der Waals surface area contributed by atoms with Gasteiger partial charge in [0.15, 0.2) is 11.6 Å². The third-order valence-corrected chi connectivity index (χ3v) is 9.33. The van der Waals surface area contributed by atoms with Crippen LogP contribution in [0.25, 0.3) is 0 Å². The summed E-state index contributed by atoms with van der Waals surface area (Å²) >= 11 is 0. The minimum Gasteiger partial charge on any atom is -0.490 e. The second kappa shape index (κ2) is 12.5. The highest BCUT2D eigenvalue weighted by Crippen LogP contribution is 2.42. The molecule has 1 nitrogen and oxygen atoms in total. The lowest BCUT2D eigenvalue weighted by molar-refractivity contribution is 0.127. The Bertz CT molecular complexity index is 779. The van der Waals surface area contributed by atoms with Crippen LogP contribution in [-0.2, 0) is 0 Å². The van der Waals surface area contributed by atoms with Crippen LogP contribution in [0.3, 0.4) is 0 Å². The van der Waals surface area contributed by atoms with E-state index < -0.39 is 11.6 Å². The molecule has 0 atom stereocenters. The van der Waals surface area contributed by atoms with E-state index in [0.717, 1.165) is 42.4 Å². The van der Waals surface area contributed by atoms with Gasteiger partial charge in [-0.15, -0.1) is 0 Å². The molecule has 3 fully saturated rings. The smallest absolute Gasteiger partial charge is 0.200 e. The van der Waals surface area contributed by atoms with Gasteiger partial charge in [0.05, 0.1) is 6.61 Å². The average molecular weight is 473 g/mol. The molecule has 0 aromatic heterocycles. The Morgan fingerprint density at radius 2 is 1.26 bits per heavy atom. The molecule has 0 bridgehead atoms. The molecule has 0 unspecified atom stereocenters. The SMILES string of the molecule is CCCC1CCC(/C=C/C2CCC(C3CCC(COc4ccc(C)c(F)c4F)CC3)CC2)CC1. The highest BCUT2D eigenvalue weighted by atomic mass is 19.2. The highest BCUT2D eigenvalue weighted by molar-refractivity contribution is 5.30. The summed E-state index contributed by atoms with van der Waals surface area (Å²) < 4.78 is 33.5. The first-order chi connectivity index (χ1) is 16.5. The van der Waals surface area contributed by atoms with Crippen LogP contribution in [0.1, 0.15) is 102 Å². The first-order valence-corrected chi connectivity index (χ1v) is 14.3. The zero-order valence-electron chi connectivity index (χ0n) is 21.5. The van der Waals surface area contributed by atoms with E-state index in [2.05, 4.69) is 19.1 Å². The molecule has 1 aromatic rings. The maximum absolute atomic E-state index is 14.1. The summed E-state index contributed by atoms with van der Waals surface area (Å²) in [6.45, 7) is 4.40. The summed E-state index contributed by atoms with van der Waals surface area (Å²) in [5.41, 5.74) is 0.324. The molecule has 0 saturated heterocycles. The van der Waals surface area contributed by atoms with E-state index in [1.165, 1.54) is 77.0 Å². The number of allylic oxidation sites excluding steroid dienone is 2. The fraction of sp³-hybridized carbons (Fsp3) is 0.742. The van der Waals surface area contributed by atoms with E-state index in [9.17, 15) is 8.78 Å². The van der Waals surface area contributed by atoms with Crippen molar-refractivity contribution >= 4 is 0 Å². The van der Waals surface area contributed by atoms with Gasteiger partial charge in [0, 0.05) is 0 Å². The zero-order valence-corrected chi connectivity index (χ0v) is 21.5. The normalized spacial score (nSPS) is 32.7. The van der Waals surface area contributed by atoms with Gasteiger partial charge in [-0.2, -0.15) is 4.39 Å². The number of hydrogen-bond acceptors (Lipinski definition) is 1. The lowest BCUT2D eigenvalue weighted by Crippen LogP contribution is -2.27. The number of rotatable bonds is 8. The summed E-state index contributed by atoms with van der Waals surface area (Å²) in [4.78, 5) is 0. The van der Waals surface area contributed by atoms with Crippen molar-refractivity contribution in [1.82, 2.24) is 0 Å². The molecule has 34 heavy (non-hydrogen) atoms. The first kappa shape index (κ1) is 25.7. The molecule has 3 saturated carbocycles. The summed E-state index contributed by atoms with van der Waals surface area (Å²) in [5.74, 6) is 3.28. The molecule has 1 aromatic carbocycles. The highest BCUT2D eigenvalue weighted by Gasteiger charge is 2.31. The maximum atomic E-state index is 14.1. The van der Waals surface area contributed by atoms with E-state index >= 15 is 0 Å². The maximum Gasteiger partial charge on any atom is 0.200 e. The molecule has 0 heterocycles. The van der Waals surface area contributed by atoms with Crippen molar-refractivity contribution in [1.29, 1.82) is 0 Å². The van der Waals surface area contributed by atoms with Gasteiger partial charge < -0.3 is 4.74 Å². The van der Waals surface area contributed by atoms with E-state index in [-0.39, 0.29) is 5.75 Å². The Hall–Kier alpha value is -1.38. The van der Waals surface area contributed by atoms with Crippen molar-refractivity contribution in [2.45, 2.75) is 104 Å². The lowest BCUT2D eigenvalue weighted by Gasteiger charge is -2.37. The zero-order chi connectivity index (χ0) is 23.9. The minimum atomic E-state index is -0.844. The molecule has 0 radical (unpaired) electrons. The molecule has 0 aliphatic heterocycles. The fourth-order valence-electron chi connectivity index (χ4n) is 6.97. The van der Waals surface area contributed by atoms with Crippen LogP contribution in [0.15, 0.2) is 24.3 Å². The number of halogens is 2. The van der Waals surface area contributed by atoms with E-state index in [4.69, 9.17) is 4.74 Å². The van der Waals surface area contributed by atoms with E-state index in [1.807, 2.05) is 0 Å². The largest absolute Gasteiger partial charge is 0.490 e. The molecule has 0 amide bonds. The van der Waals surface area contributed by atoms with Crippen LogP contribution in [0.5, 0.6) is 5.75 Å². The molecule has 4 rings (SSSR count). The van der Waals surface area contributed by atoms with Crippen molar-refractivity contribution in [2.75, 3.05) is 6.61 Å². The second-order valence-corrected chi connectivity index (χ2v) is 11.7. The van der Waals surface area contributed by atoms with E-state index in [0.29, 0.717) is 18.1 Å². The molecule has 0 N–H and O–H groups in total. The predicted octanol–water partition coefficient (Wildman–Crippen LogP) is 9.43. The van der Waals surface area contributed by atoms with Gasteiger partial charge in [0.2, 0.25) is 5.82 Å². The number of hydrogen-bond donors (Lipinski definition) is 0. The van der Waals surface area contributed by atoms with Crippen molar-refractivity contribution < 1.29 is 13.5 Å². The number of benzene rings is 1. The molecule has 3 aliphatic rings. The lowest BCUT2D eigenvalue weighted by atomic mass is 9.69. The predicted molar refractivity (Wildman–Crippen MR) is 137 cm³/mol. The summed E-state index contributed by atoms with van der Waals surface area (Å²) in [5, 5.41) is 0. The Labute approximate surface area is 206 Å². The van der Waals surface area contributed by atoms with Gasteiger partial charge in [0.25, 0.3) is 0 Å². The van der Waals surface area contributed by atoms with Crippen molar-refractivity contribution in [3.8, 4) is 5.75 Å². The Kier molecular flexibility index (Phi) is 9.48. The quantitative estimate of drug-likeness (QED) is 0.342. The van der Waals surface area contributed by atoms with Crippen LogP contribution >= 0.6 is 0 Å². The molecular weight excluding hydrogens is 426 g/mol. The van der Waals surface area contributed by atoms with Gasteiger partial charge in [-0.05, 0) is 131 Å². The van der Waals surface area contributed by atoms with Gasteiger partial charge in [0.1, 0.15) is 0 Å². The van der Waals surface area contributed by atoms with Gasteiger partial charge in [-0.3, -0.25) is 0 Å². The minimum absolute atomic E-state index is 0.0607. The Morgan fingerprint density at radius 3 is 1.85 bits per heavy atom. The van der Waals surface area contributed by atoms with Crippen molar-refractivity contribution in [2.24, 2.45) is 35.5 Å². The van der Waals surface area contributed by atoms with Crippen LogP contribution in [-0.4, -0.2) is 6.61 Å². The molecular formula is C31H46F2O. The van der Waals surface area contributed by atoms with Crippen LogP contribution < -0.4 is 4.74 Å². The summed E-state index contributed by atoms with van der Waals surface area (Å²) in [6.07, 6.45) is 24.0. The van der Waals surface area contributed by atoms with E-state index in [1.54, 1.807) is 19.1 Å². The molecule has 3 heteroatoms. The first-order valence-electron chi connectivity index (χ1n) is 14.3. The third kappa shape index (κ3) is 6.85. The second-order valence-electron chi connectivity index (χ2n) is 11.7. The molecule has 0 spiro atoms. The Morgan fingerprint density at radius 1 is 0.735 bits per heavy atom. The van der Waals surface area contributed by atoms with Crippen LogP contribution in [0.2, 0.25) is 0 Å². The van der Waals surface area contributed by atoms with Crippen LogP contribution in [0.4, 0.5) is 8.78 Å². The number of ether oxygens (including phenoxy) is 1.